The van der Waals surface area contributed by atoms with E-state index in [1.165, 1.54) is 5.56 Å². The van der Waals surface area contributed by atoms with Crippen molar-refractivity contribution in [1.82, 2.24) is 9.80 Å². The van der Waals surface area contributed by atoms with Gasteiger partial charge in [0.25, 0.3) is 0 Å². The Kier molecular flexibility index (Phi) is 5.37. The summed E-state index contributed by atoms with van der Waals surface area (Å²) in [5.41, 5.74) is 1.23. The van der Waals surface area contributed by atoms with Crippen molar-refractivity contribution in [3.8, 4) is 0 Å². The molecule has 122 valence electrons. The van der Waals surface area contributed by atoms with Gasteiger partial charge in [0.2, 0.25) is 0 Å². The Balaban J connectivity index is 1.52. The van der Waals surface area contributed by atoms with Crippen LogP contribution in [0.15, 0.2) is 24.3 Å². The van der Waals surface area contributed by atoms with Gasteiger partial charge in [0.05, 0.1) is 12.2 Å². The molecule has 2 saturated heterocycles. The van der Waals surface area contributed by atoms with Gasteiger partial charge in [0.15, 0.2) is 0 Å². The zero-order chi connectivity index (χ0) is 15.5. The molecule has 1 aromatic carbocycles. The normalized spacial score (nSPS) is 28.9. The fourth-order valence-corrected chi connectivity index (χ4v) is 3.75. The van der Waals surface area contributed by atoms with Crippen LogP contribution in [0.2, 0.25) is 5.02 Å². The Morgan fingerprint density at radius 2 is 1.68 bits per heavy atom. The first-order valence-electron chi connectivity index (χ1n) is 8.19. The van der Waals surface area contributed by atoms with E-state index in [1.807, 2.05) is 24.3 Å². The molecular weight excluding hydrogens is 300 g/mol. The van der Waals surface area contributed by atoms with Crippen molar-refractivity contribution in [3.05, 3.63) is 34.9 Å². The van der Waals surface area contributed by atoms with E-state index in [4.69, 9.17) is 11.6 Å². The Bertz CT molecular complexity index is 474. The number of hydrogen-bond acceptors (Lipinski definition) is 4. The lowest BCUT2D eigenvalue weighted by atomic mass is 9.96. The summed E-state index contributed by atoms with van der Waals surface area (Å²) in [5.74, 6) is 0. The summed E-state index contributed by atoms with van der Waals surface area (Å²) in [4.78, 5) is 4.67. The van der Waals surface area contributed by atoms with Gasteiger partial charge >= 0.3 is 0 Å². The number of likely N-dealkylation sites (tertiary alicyclic amines) is 2. The van der Waals surface area contributed by atoms with Crippen molar-refractivity contribution in [3.63, 3.8) is 0 Å². The van der Waals surface area contributed by atoms with Crippen molar-refractivity contribution >= 4 is 11.6 Å². The van der Waals surface area contributed by atoms with Crippen molar-refractivity contribution < 1.29 is 10.2 Å². The molecule has 2 aliphatic heterocycles. The van der Waals surface area contributed by atoms with Gasteiger partial charge in [-0.1, -0.05) is 23.7 Å². The van der Waals surface area contributed by atoms with Gasteiger partial charge in [0, 0.05) is 43.8 Å². The highest BCUT2D eigenvalue weighted by atomic mass is 35.5. The lowest BCUT2D eigenvalue weighted by Gasteiger charge is -2.43. The lowest BCUT2D eigenvalue weighted by molar-refractivity contribution is -0.0355. The lowest BCUT2D eigenvalue weighted by Crippen LogP contribution is -2.55. The van der Waals surface area contributed by atoms with E-state index in [2.05, 4.69) is 9.80 Å². The molecule has 2 N–H and O–H groups in total. The van der Waals surface area contributed by atoms with Crippen LogP contribution in [0.3, 0.4) is 0 Å². The summed E-state index contributed by atoms with van der Waals surface area (Å²) < 4.78 is 0. The predicted molar refractivity (Wildman–Crippen MR) is 88.0 cm³/mol. The number of piperidine rings is 2. The number of hydrogen-bond donors (Lipinski definition) is 2. The van der Waals surface area contributed by atoms with E-state index in [0.717, 1.165) is 50.5 Å². The molecule has 0 aromatic heterocycles. The second kappa shape index (κ2) is 7.28. The molecule has 4 nitrogen and oxygen atoms in total. The molecule has 2 aliphatic rings. The second-order valence-corrected chi connectivity index (χ2v) is 6.99. The second-order valence-electron chi connectivity index (χ2n) is 6.55. The van der Waals surface area contributed by atoms with Crippen LogP contribution in [0.1, 0.15) is 24.8 Å². The first-order valence-corrected chi connectivity index (χ1v) is 8.56. The van der Waals surface area contributed by atoms with Crippen LogP contribution in [0.4, 0.5) is 0 Å². The molecule has 2 atom stereocenters. The molecule has 0 unspecified atom stereocenters. The standard InChI is InChI=1S/C17H25ClN2O2/c18-14-3-1-13(2-4-14)11-19-8-7-16(17(22)12-19)20-9-5-15(21)6-10-20/h1-4,15-17,21-22H,5-12H2/t16-,17-/m1/s1. The van der Waals surface area contributed by atoms with E-state index < -0.39 is 0 Å². The molecule has 3 rings (SSSR count). The summed E-state index contributed by atoms with van der Waals surface area (Å²) in [6, 6.07) is 8.17. The smallest absolute Gasteiger partial charge is 0.0822 e. The van der Waals surface area contributed by atoms with Gasteiger partial charge in [-0.2, -0.15) is 0 Å². The van der Waals surface area contributed by atoms with E-state index >= 15 is 0 Å². The number of nitrogens with zero attached hydrogens (tertiary/aromatic N) is 2. The number of rotatable bonds is 3. The highest BCUT2D eigenvalue weighted by Gasteiger charge is 2.33. The van der Waals surface area contributed by atoms with Crippen molar-refractivity contribution in [1.29, 1.82) is 0 Å². The largest absolute Gasteiger partial charge is 0.393 e. The minimum Gasteiger partial charge on any atom is -0.393 e. The third-order valence-electron chi connectivity index (χ3n) is 4.92. The molecule has 2 heterocycles. The first kappa shape index (κ1) is 16.2. The minimum absolute atomic E-state index is 0.154. The van der Waals surface area contributed by atoms with Gasteiger partial charge in [-0.05, 0) is 37.0 Å². The molecule has 2 fully saturated rings. The maximum absolute atomic E-state index is 10.5. The summed E-state index contributed by atoms with van der Waals surface area (Å²) >= 11 is 5.92. The summed E-state index contributed by atoms with van der Waals surface area (Å²) in [6.07, 6.45) is 2.19. The topological polar surface area (TPSA) is 46.9 Å². The van der Waals surface area contributed by atoms with Crippen LogP contribution in [-0.2, 0) is 6.54 Å². The maximum atomic E-state index is 10.5. The number of halogens is 1. The van der Waals surface area contributed by atoms with Crippen LogP contribution in [0.5, 0.6) is 0 Å². The average molecular weight is 325 g/mol. The quantitative estimate of drug-likeness (QED) is 0.889. The van der Waals surface area contributed by atoms with Gasteiger partial charge < -0.3 is 10.2 Å². The molecule has 1 aromatic rings. The molecule has 0 amide bonds. The Morgan fingerprint density at radius 3 is 2.32 bits per heavy atom. The van der Waals surface area contributed by atoms with Crippen LogP contribution in [0.25, 0.3) is 0 Å². The van der Waals surface area contributed by atoms with Crippen LogP contribution in [0, 0.1) is 0 Å². The van der Waals surface area contributed by atoms with Crippen molar-refractivity contribution in [2.24, 2.45) is 0 Å². The molecule has 5 heteroatoms. The highest BCUT2D eigenvalue weighted by molar-refractivity contribution is 6.30. The van der Waals surface area contributed by atoms with Gasteiger partial charge in [-0.15, -0.1) is 0 Å². The third kappa shape index (κ3) is 4.00. The molecule has 0 aliphatic carbocycles. The highest BCUT2D eigenvalue weighted by Crippen LogP contribution is 2.23. The van der Waals surface area contributed by atoms with E-state index in [1.54, 1.807) is 0 Å². The first-order chi connectivity index (χ1) is 10.6. The SMILES string of the molecule is OC1CCN([C@@H]2CCN(Cc3ccc(Cl)cc3)C[C@H]2O)CC1. The molecule has 0 saturated carbocycles. The fourth-order valence-electron chi connectivity index (χ4n) is 3.62. The number of aliphatic hydroxyl groups is 2. The van der Waals surface area contributed by atoms with Crippen molar-refractivity contribution in [2.75, 3.05) is 26.2 Å². The molecular formula is C17H25ClN2O2. The maximum Gasteiger partial charge on any atom is 0.0822 e. The predicted octanol–water partition coefficient (Wildman–Crippen LogP) is 1.73. The molecule has 0 spiro atoms. The van der Waals surface area contributed by atoms with Crippen LogP contribution in [-0.4, -0.2) is 64.4 Å². The third-order valence-corrected chi connectivity index (χ3v) is 5.17. The minimum atomic E-state index is -0.309. The fraction of sp³-hybridized carbons (Fsp3) is 0.647. The van der Waals surface area contributed by atoms with Gasteiger partial charge in [-0.25, -0.2) is 0 Å². The number of β-amino-alcohol motifs (C(OH)–C–C–N with tert-alkyl or cyclic N) is 1. The molecule has 22 heavy (non-hydrogen) atoms. The van der Waals surface area contributed by atoms with Crippen LogP contribution < -0.4 is 0 Å². The van der Waals surface area contributed by atoms with Crippen LogP contribution >= 0.6 is 11.6 Å². The zero-order valence-corrected chi connectivity index (χ0v) is 13.6. The summed E-state index contributed by atoms with van der Waals surface area (Å²) in [5, 5.41) is 20.9. The summed E-state index contributed by atoms with van der Waals surface area (Å²) in [6.45, 7) is 4.38. The number of benzene rings is 1. The van der Waals surface area contributed by atoms with Gasteiger partial charge in [-0.3, -0.25) is 9.80 Å². The number of aliphatic hydroxyl groups excluding tert-OH is 2. The zero-order valence-electron chi connectivity index (χ0n) is 12.9. The van der Waals surface area contributed by atoms with E-state index in [-0.39, 0.29) is 18.2 Å². The Hall–Kier alpha value is -0.650. The summed E-state index contributed by atoms with van der Waals surface area (Å²) in [7, 11) is 0. The Morgan fingerprint density at radius 1 is 1.00 bits per heavy atom. The Labute approximate surface area is 137 Å². The molecule has 0 bridgehead atoms. The molecule has 0 radical (unpaired) electrons. The average Bonchev–Trinajstić information content (AvgIpc) is 2.51. The van der Waals surface area contributed by atoms with Gasteiger partial charge in [0.1, 0.15) is 0 Å². The monoisotopic (exact) mass is 324 g/mol. The van der Waals surface area contributed by atoms with E-state index in [9.17, 15) is 10.2 Å². The van der Waals surface area contributed by atoms with Crippen molar-refractivity contribution in [2.45, 2.75) is 44.1 Å². The van der Waals surface area contributed by atoms with E-state index in [0.29, 0.717) is 6.54 Å².